The van der Waals surface area contributed by atoms with Crippen molar-refractivity contribution in [2.24, 2.45) is 0 Å². The number of halogens is 1. The summed E-state index contributed by atoms with van der Waals surface area (Å²) < 4.78 is 6.85. The number of carbonyl (C=O) groups is 1. The standard InChI is InChI=1S/C23H23ClN4O2/c1-30-18-11-7-10-17(14-18)25-20-13-6-5-12-19(20)22(29)21-23(24)28(27-26-21)15-16-8-3-2-4-9-16/h2-4,7-11,14,25H,5-6,12-13,15H2,1H3. The summed E-state index contributed by atoms with van der Waals surface area (Å²) in [5.41, 5.74) is 3.76. The van der Waals surface area contributed by atoms with Crippen LogP contribution < -0.4 is 10.1 Å². The van der Waals surface area contributed by atoms with E-state index < -0.39 is 0 Å². The van der Waals surface area contributed by atoms with Crippen LogP contribution in [0.3, 0.4) is 0 Å². The quantitative estimate of drug-likeness (QED) is 0.536. The molecule has 0 radical (unpaired) electrons. The van der Waals surface area contributed by atoms with Crippen molar-refractivity contribution in [1.82, 2.24) is 15.0 Å². The van der Waals surface area contributed by atoms with Crippen LogP contribution in [0.15, 0.2) is 65.9 Å². The van der Waals surface area contributed by atoms with Crippen LogP contribution in [0, 0.1) is 0 Å². The molecule has 0 bridgehead atoms. The summed E-state index contributed by atoms with van der Waals surface area (Å²) >= 11 is 6.49. The lowest BCUT2D eigenvalue weighted by Crippen LogP contribution is -2.16. The number of rotatable bonds is 7. The van der Waals surface area contributed by atoms with Gasteiger partial charge in [-0.2, -0.15) is 0 Å². The molecule has 7 heteroatoms. The molecule has 0 saturated carbocycles. The SMILES string of the molecule is COc1cccc(NC2=C(C(=O)c3nnn(Cc4ccccc4)c3Cl)CCCC2)c1. The molecule has 0 aliphatic heterocycles. The van der Waals surface area contributed by atoms with Gasteiger partial charge in [0.25, 0.3) is 0 Å². The maximum Gasteiger partial charge on any atom is 0.214 e. The Morgan fingerprint density at radius 2 is 1.93 bits per heavy atom. The molecule has 0 spiro atoms. The van der Waals surface area contributed by atoms with Gasteiger partial charge >= 0.3 is 0 Å². The third-order valence-corrected chi connectivity index (χ3v) is 5.55. The molecule has 0 fully saturated rings. The highest BCUT2D eigenvalue weighted by molar-refractivity contribution is 6.33. The molecule has 0 saturated heterocycles. The average Bonchev–Trinajstić information content (AvgIpc) is 3.14. The lowest BCUT2D eigenvalue weighted by atomic mass is 9.92. The van der Waals surface area contributed by atoms with Gasteiger partial charge in [-0.15, -0.1) is 5.10 Å². The molecule has 30 heavy (non-hydrogen) atoms. The Labute approximate surface area is 180 Å². The van der Waals surface area contributed by atoms with E-state index in [1.165, 1.54) is 0 Å². The van der Waals surface area contributed by atoms with E-state index >= 15 is 0 Å². The van der Waals surface area contributed by atoms with E-state index in [2.05, 4.69) is 15.6 Å². The van der Waals surface area contributed by atoms with Gasteiger partial charge in [-0.3, -0.25) is 4.79 Å². The second-order valence-corrected chi connectivity index (χ2v) is 7.58. The number of hydrogen-bond acceptors (Lipinski definition) is 5. The second kappa shape index (κ2) is 9.13. The fraction of sp³-hybridized carbons (Fsp3) is 0.261. The Morgan fingerprint density at radius 3 is 2.73 bits per heavy atom. The van der Waals surface area contributed by atoms with E-state index in [1.54, 1.807) is 11.8 Å². The number of hydrogen-bond donors (Lipinski definition) is 1. The van der Waals surface area contributed by atoms with Crippen molar-refractivity contribution >= 4 is 23.1 Å². The molecule has 0 atom stereocenters. The van der Waals surface area contributed by atoms with E-state index in [4.69, 9.17) is 16.3 Å². The number of benzene rings is 2. The number of anilines is 1. The van der Waals surface area contributed by atoms with Crippen molar-refractivity contribution in [2.45, 2.75) is 32.2 Å². The number of ether oxygens (including phenoxy) is 1. The van der Waals surface area contributed by atoms with Crippen molar-refractivity contribution in [1.29, 1.82) is 0 Å². The van der Waals surface area contributed by atoms with Crippen LogP contribution in [0.4, 0.5) is 5.69 Å². The zero-order valence-electron chi connectivity index (χ0n) is 16.8. The van der Waals surface area contributed by atoms with Gasteiger partial charge in [0, 0.05) is 23.0 Å². The Hall–Kier alpha value is -3.12. The van der Waals surface area contributed by atoms with Crippen molar-refractivity contribution in [3.05, 3.63) is 82.3 Å². The van der Waals surface area contributed by atoms with E-state index in [9.17, 15) is 4.79 Å². The highest BCUT2D eigenvalue weighted by atomic mass is 35.5. The van der Waals surface area contributed by atoms with Gasteiger partial charge in [0.2, 0.25) is 5.78 Å². The maximum atomic E-state index is 13.3. The van der Waals surface area contributed by atoms with Crippen LogP contribution >= 0.6 is 11.6 Å². The number of methoxy groups -OCH3 is 1. The number of ketones is 1. The van der Waals surface area contributed by atoms with Crippen LogP contribution in [-0.4, -0.2) is 27.9 Å². The molecule has 0 amide bonds. The lowest BCUT2D eigenvalue weighted by molar-refractivity contribution is 0.102. The molecule has 1 aromatic heterocycles. The first kappa shape index (κ1) is 20.2. The summed E-state index contributed by atoms with van der Waals surface area (Å²) in [6, 6.07) is 17.5. The molecule has 6 nitrogen and oxygen atoms in total. The Morgan fingerprint density at radius 1 is 1.13 bits per heavy atom. The average molecular weight is 423 g/mol. The normalized spacial score (nSPS) is 13.9. The van der Waals surface area contributed by atoms with Crippen LogP contribution in [-0.2, 0) is 6.54 Å². The fourth-order valence-electron chi connectivity index (χ4n) is 3.61. The van der Waals surface area contributed by atoms with Crippen LogP contribution in [0.1, 0.15) is 41.7 Å². The molecule has 3 aromatic rings. The summed E-state index contributed by atoms with van der Waals surface area (Å²) in [6.07, 6.45) is 3.47. The number of aromatic nitrogens is 3. The number of carbonyl (C=O) groups excluding carboxylic acids is 1. The van der Waals surface area contributed by atoms with E-state index in [0.717, 1.165) is 47.5 Å². The summed E-state index contributed by atoms with van der Waals surface area (Å²) in [5, 5.41) is 11.9. The first-order valence-corrected chi connectivity index (χ1v) is 10.3. The van der Waals surface area contributed by atoms with Gasteiger partial charge in [0.15, 0.2) is 10.8 Å². The molecule has 1 aliphatic rings. The molecule has 154 valence electrons. The van der Waals surface area contributed by atoms with Gasteiger partial charge < -0.3 is 10.1 Å². The van der Waals surface area contributed by atoms with Crippen molar-refractivity contribution < 1.29 is 9.53 Å². The first-order valence-electron chi connectivity index (χ1n) is 9.96. The molecular formula is C23H23ClN4O2. The third-order valence-electron chi connectivity index (χ3n) is 5.17. The monoisotopic (exact) mass is 422 g/mol. The van der Waals surface area contributed by atoms with Gasteiger partial charge in [0.05, 0.1) is 13.7 Å². The van der Waals surface area contributed by atoms with Gasteiger partial charge in [-0.1, -0.05) is 53.2 Å². The van der Waals surface area contributed by atoms with Gasteiger partial charge in [-0.05, 0) is 43.4 Å². The zero-order chi connectivity index (χ0) is 20.9. The number of allylic oxidation sites excluding steroid dienone is 2. The zero-order valence-corrected chi connectivity index (χ0v) is 17.5. The highest BCUT2D eigenvalue weighted by Gasteiger charge is 2.26. The first-order chi connectivity index (χ1) is 14.7. The molecule has 1 N–H and O–H groups in total. The molecule has 1 heterocycles. The predicted molar refractivity (Wildman–Crippen MR) is 117 cm³/mol. The van der Waals surface area contributed by atoms with Crippen molar-refractivity contribution in [3.63, 3.8) is 0 Å². The smallest absolute Gasteiger partial charge is 0.214 e. The van der Waals surface area contributed by atoms with Crippen molar-refractivity contribution in [3.8, 4) is 5.75 Å². The van der Waals surface area contributed by atoms with E-state index in [1.807, 2.05) is 54.6 Å². The molecule has 1 aliphatic carbocycles. The number of Topliss-reactive ketones (excluding diaryl/α,β-unsaturated/α-hetero) is 1. The minimum Gasteiger partial charge on any atom is -0.497 e. The lowest BCUT2D eigenvalue weighted by Gasteiger charge is -2.21. The summed E-state index contributed by atoms with van der Waals surface area (Å²) in [7, 11) is 1.63. The minimum atomic E-state index is -0.163. The summed E-state index contributed by atoms with van der Waals surface area (Å²) in [6.45, 7) is 0.466. The van der Waals surface area contributed by atoms with Crippen LogP contribution in [0.5, 0.6) is 5.75 Å². The van der Waals surface area contributed by atoms with E-state index in [-0.39, 0.29) is 16.6 Å². The van der Waals surface area contributed by atoms with Crippen LogP contribution in [0.2, 0.25) is 5.15 Å². The Kier molecular flexibility index (Phi) is 6.14. The van der Waals surface area contributed by atoms with Gasteiger partial charge in [0.1, 0.15) is 5.75 Å². The molecule has 2 aromatic carbocycles. The van der Waals surface area contributed by atoms with E-state index in [0.29, 0.717) is 13.0 Å². The molecule has 0 unspecified atom stereocenters. The predicted octanol–water partition coefficient (Wildman–Crippen LogP) is 5.11. The number of nitrogens with zero attached hydrogens (tertiary/aromatic N) is 3. The molecule has 4 rings (SSSR count). The number of nitrogens with one attached hydrogen (secondary N) is 1. The minimum absolute atomic E-state index is 0.163. The van der Waals surface area contributed by atoms with Crippen molar-refractivity contribution in [2.75, 3.05) is 12.4 Å². The third kappa shape index (κ3) is 4.39. The second-order valence-electron chi connectivity index (χ2n) is 7.22. The van der Waals surface area contributed by atoms with Crippen LogP contribution in [0.25, 0.3) is 0 Å². The Bertz CT molecular complexity index is 1080. The van der Waals surface area contributed by atoms with Gasteiger partial charge in [-0.25, -0.2) is 4.68 Å². The Balaban J connectivity index is 1.60. The maximum absolute atomic E-state index is 13.3. The highest BCUT2D eigenvalue weighted by Crippen LogP contribution is 2.30. The summed E-state index contributed by atoms with van der Waals surface area (Å²) in [5.74, 6) is 0.598. The largest absolute Gasteiger partial charge is 0.497 e. The topological polar surface area (TPSA) is 69.0 Å². The summed E-state index contributed by atoms with van der Waals surface area (Å²) in [4.78, 5) is 13.3. The fourth-order valence-corrected chi connectivity index (χ4v) is 3.83. The molecular weight excluding hydrogens is 400 g/mol.